The van der Waals surface area contributed by atoms with Crippen molar-refractivity contribution in [3.63, 3.8) is 0 Å². The molecular weight excluding hydrogens is 581 g/mol. The SMILES string of the molecule is Cc1cc(C)c(N)c(CS(=O)c2nc3ccccc3[nH]2)c1.Cc1cc(C)c(N)c(CS(=O)c2nc3ccccc3[nH]2)c1.O. The molecule has 224 valence electrons. The number of nitrogens with zero attached hydrogens (tertiary/aromatic N) is 2. The van der Waals surface area contributed by atoms with E-state index in [1.54, 1.807) is 0 Å². The Morgan fingerprint density at radius 2 is 1.00 bits per heavy atom. The second-order valence-corrected chi connectivity index (χ2v) is 13.1. The molecule has 0 amide bonds. The first-order valence-electron chi connectivity index (χ1n) is 13.5. The Labute approximate surface area is 255 Å². The zero-order valence-electron chi connectivity index (χ0n) is 24.5. The van der Waals surface area contributed by atoms with Gasteiger partial charge in [0.25, 0.3) is 0 Å². The van der Waals surface area contributed by atoms with Gasteiger partial charge in [-0.25, -0.2) is 9.97 Å². The number of imidazole rings is 2. The Morgan fingerprint density at radius 1 is 0.628 bits per heavy atom. The van der Waals surface area contributed by atoms with Crippen molar-refractivity contribution in [2.75, 3.05) is 11.5 Å². The maximum absolute atomic E-state index is 12.5. The van der Waals surface area contributed by atoms with Crippen LogP contribution in [-0.2, 0) is 33.1 Å². The molecule has 43 heavy (non-hydrogen) atoms. The number of fused-ring (bicyclic) bond motifs is 2. The number of para-hydroxylation sites is 4. The van der Waals surface area contributed by atoms with Crippen molar-refractivity contribution < 1.29 is 13.9 Å². The van der Waals surface area contributed by atoms with Crippen molar-refractivity contribution >= 4 is 55.0 Å². The van der Waals surface area contributed by atoms with Gasteiger partial charge in [0.2, 0.25) is 0 Å². The van der Waals surface area contributed by atoms with Crippen LogP contribution in [0.3, 0.4) is 0 Å². The lowest BCUT2D eigenvalue weighted by molar-refractivity contribution is 0.676. The normalized spacial score (nSPS) is 12.4. The summed E-state index contributed by atoms with van der Waals surface area (Å²) in [6.07, 6.45) is 0. The van der Waals surface area contributed by atoms with Crippen LogP contribution in [0, 0.1) is 27.7 Å². The Bertz CT molecular complexity index is 1760. The number of nitrogens with one attached hydrogen (secondary N) is 2. The average Bonchev–Trinajstić information content (AvgIpc) is 3.59. The minimum Gasteiger partial charge on any atom is -0.412 e. The van der Waals surface area contributed by atoms with Gasteiger partial charge < -0.3 is 26.9 Å². The lowest BCUT2D eigenvalue weighted by Crippen LogP contribution is -2.04. The highest BCUT2D eigenvalue weighted by Crippen LogP contribution is 2.24. The van der Waals surface area contributed by atoms with Crippen molar-refractivity contribution in [3.8, 4) is 0 Å². The van der Waals surface area contributed by atoms with Gasteiger partial charge in [-0.05, 0) is 74.2 Å². The number of H-pyrrole nitrogens is 2. The van der Waals surface area contributed by atoms with E-state index in [0.717, 1.165) is 55.4 Å². The second-order valence-electron chi connectivity index (χ2n) is 10.4. The largest absolute Gasteiger partial charge is 0.412 e. The Hall–Kier alpha value is -4.32. The van der Waals surface area contributed by atoms with Gasteiger partial charge in [-0.15, -0.1) is 0 Å². The van der Waals surface area contributed by atoms with Crippen molar-refractivity contribution in [3.05, 3.63) is 106 Å². The summed E-state index contributed by atoms with van der Waals surface area (Å²) in [5, 5.41) is 0.990. The summed E-state index contributed by atoms with van der Waals surface area (Å²) < 4.78 is 25.0. The van der Waals surface area contributed by atoms with Gasteiger partial charge in [0, 0.05) is 11.4 Å². The summed E-state index contributed by atoms with van der Waals surface area (Å²) in [6, 6.07) is 23.4. The molecule has 11 heteroatoms. The number of anilines is 2. The first-order valence-corrected chi connectivity index (χ1v) is 16.1. The number of aryl methyl sites for hydroxylation is 4. The molecule has 9 nitrogen and oxygen atoms in total. The first-order chi connectivity index (χ1) is 20.1. The fraction of sp³-hybridized carbons (Fsp3) is 0.188. The number of aromatic nitrogens is 4. The van der Waals surface area contributed by atoms with E-state index < -0.39 is 21.6 Å². The minimum absolute atomic E-state index is 0. The van der Waals surface area contributed by atoms with Crippen LogP contribution in [0.15, 0.2) is 83.1 Å². The Balaban J connectivity index is 0.000000192. The lowest BCUT2D eigenvalue weighted by atomic mass is 10.1. The summed E-state index contributed by atoms with van der Waals surface area (Å²) in [5.74, 6) is 0.738. The van der Waals surface area contributed by atoms with Crippen LogP contribution in [0.1, 0.15) is 33.4 Å². The molecule has 0 saturated carbocycles. The zero-order chi connectivity index (χ0) is 30.0. The molecule has 0 aliphatic heterocycles. The number of hydrogen-bond donors (Lipinski definition) is 4. The number of hydrogen-bond acceptors (Lipinski definition) is 6. The summed E-state index contributed by atoms with van der Waals surface area (Å²) in [5.41, 5.74) is 23.2. The smallest absolute Gasteiger partial charge is 0.197 e. The minimum atomic E-state index is -1.24. The molecule has 6 rings (SSSR count). The third kappa shape index (κ3) is 7.19. The lowest BCUT2D eigenvalue weighted by Gasteiger charge is -2.09. The van der Waals surface area contributed by atoms with E-state index >= 15 is 0 Å². The van der Waals surface area contributed by atoms with E-state index in [1.807, 2.05) is 100 Å². The molecule has 0 saturated heterocycles. The van der Waals surface area contributed by atoms with Crippen LogP contribution < -0.4 is 11.5 Å². The highest BCUT2D eigenvalue weighted by molar-refractivity contribution is 7.84. The molecule has 2 unspecified atom stereocenters. The summed E-state index contributed by atoms with van der Waals surface area (Å²) in [4.78, 5) is 15.0. The van der Waals surface area contributed by atoms with Crippen molar-refractivity contribution in [2.45, 2.75) is 49.5 Å². The molecule has 0 aliphatic carbocycles. The van der Waals surface area contributed by atoms with Gasteiger partial charge in [-0.1, -0.05) is 59.7 Å². The van der Waals surface area contributed by atoms with Crippen LogP contribution in [0.25, 0.3) is 22.1 Å². The maximum Gasteiger partial charge on any atom is 0.197 e. The van der Waals surface area contributed by atoms with Crippen molar-refractivity contribution in [1.82, 2.24) is 19.9 Å². The highest BCUT2D eigenvalue weighted by Gasteiger charge is 2.15. The predicted octanol–water partition coefficient (Wildman–Crippen LogP) is 5.31. The molecule has 0 aliphatic rings. The predicted molar refractivity (Wildman–Crippen MR) is 177 cm³/mol. The third-order valence-electron chi connectivity index (χ3n) is 6.97. The molecule has 4 aromatic carbocycles. The van der Waals surface area contributed by atoms with E-state index in [1.165, 1.54) is 0 Å². The summed E-state index contributed by atoms with van der Waals surface area (Å²) in [7, 11) is -2.48. The van der Waals surface area contributed by atoms with Gasteiger partial charge >= 0.3 is 0 Å². The van der Waals surface area contributed by atoms with Crippen LogP contribution in [0.4, 0.5) is 11.4 Å². The number of nitrogens with two attached hydrogens (primary N) is 2. The molecule has 2 aromatic heterocycles. The monoisotopic (exact) mass is 616 g/mol. The number of rotatable bonds is 6. The summed E-state index contributed by atoms with van der Waals surface area (Å²) >= 11 is 0. The van der Waals surface area contributed by atoms with E-state index in [9.17, 15) is 8.42 Å². The van der Waals surface area contributed by atoms with Gasteiger partial charge in [-0.3, -0.25) is 8.42 Å². The van der Waals surface area contributed by atoms with Crippen LogP contribution in [0.2, 0.25) is 0 Å². The van der Waals surface area contributed by atoms with Gasteiger partial charge in [-0.2, -0.15) is 0 Å². The maximum atomic E-state index is 12.5. The van der Waals surface area contributed by atoms with E-state index in [2.05, 4.69) is 19.9 Å². The molecule has 2 heterocycles. The third-order valence-corrected chi connectivity index (χ3v) is 9.37. The molecule has 0 fully saturated rings. The van der Waals surface area contributed by atoms with Crippen LogP contribution >= 0.6 is 0 Å². The molecule has 0 spiro atoms. The molecular formula is C32H36N6O3S2. The van der Waals surface area contributed by atoms with Gasteiger partial charge in [0.1, 0.15) is 0 Å². The van der Waals surface area contributed by atoms with Gasteiger partial charge in [0.05, 0.1) is 55.2 Å². The van der Waals surface area contributed by atoms with Crippen LogP contribution in [0.5, 0.6) is 0 Å². The number of nitrogen functional groups attached to an aromatic ring is 2. The summed E-state index contributed by atoms with van der Waals surface area (Å²) in [6.45, 7) is 7.96. The number of aromatic amines is 2. The standard InChI is InChI=1S/2C16H17N3OS.H2O/c2*1-10-7-11(2)15(17)12(8-10)9-21(20)16-18-13-5-3-4-6-14(13)19-16;/h2*3-8H,9,17H2,1-2H3,(H,18,19);1H2. The fourth-order valence-corrected chi connectivity index (χ4v) is 7.03. The first kappa shape index (κ1) is 31.6. The van der Waals surface area contributed by atoms with Gasteiger partial charge in [0.15, 0.2) is 10.3 Å². The van der Waals surface area contributed by atoms with Crippen molar-refractivity contribution in [2.24, 2.45) is 0 Å². The molecule has 0 bridgehead atoms. The quantitative estimate of drug-likeness (QED) is 0.184. The Morgan fingerprint density at radius 3 is 1.37 bits per heavy atom. The average molecular weight is 617 g/mol. The number of benzene rings is 4. The zero-order valence-corrected chi connectivity index (χ0v) is 26.2. The fourth-order valence-electron chi connectivity index (χ4n) is 4.87. The molecule has 0 radical (unpaired) electrons. The van der Waals surface area contributed by atoms with E-state index in [-0.39, 0.29) is 5.48 Å². The Kier molecular flexibility index (Phi) is 9.80. The topological polar surface area (TPSA) is 175 Å². The van der Waals surface area contributed by atoms with Crippen LogP contribution in [-0.4, -0.2) is 33.8 Å². The highest BCUT2D eigenvalue weighted by atomic mass is 32.2. The van der Waals surface area contributed by atoms with Crippen molar-refractivity contribution in [1.29, 1.82) is 0 Å². The molecule has 8 N–H and O–H groups in total. The molecule has 2 atom stereocenters. The second kappa shape index (κ2) is 13.3. The van der Waals surface area contributed by atoms with E-state index in [0.29, 0.717) is 33.2 Å². The van der Waals surface area contributed by atoms with E-state index in [4.69, 9.17) is 11.5 Å². The molecule has 6 aromatic rings.